The molecule has 7 heteroatoms. The van der Waals surface area contributed by atoms with Gasteiger partial charge in [0.15, 0.2) is 0 Å². The third-order valence-corrected chi connectivity index (χ3v) is 4.40. The number of nitrogens with one attached hydrogen (secondary N) is 3. The van der Waals surface area contributed by atoms with Crippen LogP contribution in [0.5, 0.6) is 5.75 Å². The molecule has 0 saturated heterocycles. The molecule has 0 aromatic heterocycles. The first kappa shape index (κ1) is 21.5. The van der Waals surface area contributed by atoms with E-state index in [1.165, 1.54) is 0 Å². The van der Waals surface area contributed by atoms with Crippen molar-refractivity contribution in [3.63, 3.8) is 0 Å². The van der Waals surface area contributed by atoms with E-state index in [-0.39, 0.29) is 30.3 Å². The van der Waals surface area contributed by atoms with E-state index < -0.39 is 6.10 Å². The lowest BCUT2D eigenvalue weighted by molar-refractivity contribution is 0.100. The topological polar surface area (TPSA) is 103 Å². The molecule has 3 atom stereocenters. The Morgan fingerprint density at radius 1 is 1.26 bits per heavy atom. The molecule has 1 aliphatic rings. The van der Waals surface area contributed by atoms with Crippen LogP contribution >= 0.6 is 0 Å². The van der Waals surface area contributed by atoms with Crippen molar-refractivity contribution < 1.29 is 19.7 Å². The molecular weight excluding hydrogens is 346 g/mol. The number of aliphatic hydroxyl groups is 2. The van der Waals surface area contributed by atoms with Crippen molar-refractivity contribution in [2.45, 2.75) is 70.2 Å². The van der Waals surface area contributed by atoms with Gasteiger partial charge in [-0.1, -0.05) is 0 Å². The van der Waals surface area contributed by atoms with Gasteiger partial charge in [-0.2, -0.15) is 0 Å². The molecule has 27 heavy (non-hydrogen) atoms. The summed E-state index contributed by atoms with van der Waals surface area (Å²) in [6, 6.07) is 6.76. The predicted molar refractivity (Wildman–Crippen MR) is 106 cm³/mol. The highest BCUT2D eigenvalue weighted by molar-refractivity contribution is 5.89. The van der Waals surface area contributed by atoms with Crippen LogP contribution in [0.2, 0.25) is 0 Å². The first-order chi connectivity index (χ1) is 12.7. The number of urea groups is 1. The number of rotatable bonds is 7. The van der Waals surface area contributed by atoms with Gasteiger partial charge in [-0.15, -0.1) is 0 Å². The summed E-state index contributed by atoms with van der Waals surface area (Å²) in [5, 5.41) is 28.5. The van der Waals surface area contributed by atoms with Gasteiger partial charge in [-0.05, 0) is 70.7 Å². The number of carbonyl (C=O) groups excluding carboxylic acids is 1. The van der Waals surface area contributed by atoms with Crippen LogP contribution in [-0.2, 0) is 0 Å². The summed E-state index contributed by atoms with van der Waals surface area (Å²) in [5.74, 6) is 0.631. The van der Waals surface area contributed by atoms with Crippen molar-refractivity contribution in [2.75, 3.05) is 18.5 Å². The summed E-state index contributed by atoms with van der Waals surface area (Å²) in [6.45, 7) is 6.77. The Morgan fingerprint density at radius 2 is 1.96 bits per heavy atom. The second kappa shape index (κ2) is 9.92. The van der Waals surface area contributed by atoms with E-state index in [0.717, 1.165) is 19.3 Å². The molecule has 152 valence electrons. The smallest absolute Gasteiger partial charge is 0.319 e. The number of benzene rings is 1. The number of hydrogen-bond acceptors (Lipinski definition) is 5. The molecule has 1 saturated carbocycles. The molecule has 0 aliphatic heterocycles. The van der Waals surface area contributed by atoms with Crippen LogP contribution in [0.25, 0.3) is 0 Å². The van der Waals surface area contributed by atoms with Crippen LogP contribution in [0.4, 0.5) is 10.5 Å². The normalized spacial score (nSPS) is 21.4. The van der Waals surface area contributed by atoms with Crippen LogP contribution in [-0.4, -0.2) is 53.2 Å². The Bertz CT molecular complexity index is 586. The van der Waals surface area contributed by atoms with Crippen LogP contribution < -0.4 is 20.7 Å². The number of hydrogen-bond donors (Lipinski definition) is 5. The minimum absolute atomic E-state index is 0.0135. The zero-order chi connectivity index (χ0) is 19.9. The van der Waals surface area contributed by atoms with Gasteiger partial charge in [-0.3, -0.25) is 0 Å². The minimum atomic E-state index is -0.598. The van der Waals surface area contributed by atoms with E-state index in [9.17, 15) is 15.0 Å². The molecular formula is C20H33N3O4. The number of anilines is 1. The van der Waals surface area contributed by atoms with Gasteiger partial charge in [0.05, 0.1) is 6.10 Å². The highest BCUT2D eigenvalue weighted by Gasteiger charge is 2.21. The number of β-amino-alcohol motifs (C(OH)–C–C–N with tert-alkyl or cyclic N) is 1. The van der Waals surface area contributed by atoms with Crippen molar-refractivity contribution in [1.82, 2.24) is 10.6 Å². The average molecular weight is 380 g/mol. The number of carbonyl (C=O) groups is 1. The average Bonchev–Trinajstić information content (AvgIpc) is 2.58. The third-order valence-electron chi connectivity index (χ3n) is 4.40. The van der Waals surface area contributed by atoms with Crippen molar-refractivity contribution >= 4 is 11.7 Å². The van der Waals surface area contributed by atoms with Gasteiger partial charge in [0.2, 0.25) is 0 Å². The molecule has 1 unspecified atom stereocenters. The number of ether oxygens (including phenoxy) is 1. The van der Waals surface area contributed by atoms with Gasteiger partial charge < -0.3 is 30.9 Å². The van der Waals surface area contributed by atoms with E-state index in [4.69, 9.17) is 4.74 Å². The Hall–Kier alpha value is -1.83. The molecule has 1 aromatic carbocycles. The first-order valence-corrected chi connectivity index (χ1v) is 9.63. The van der Waals surface area contributed by atoms with E-state index in [0.29, 0.717) is 24.4 Å². The zero-order valence-corrected chi connectivity index (χ0v) is 16.5. The molecule has 0 spiro atoms. The van der Waals surface area contributed by atoms with Crippen LogP contribution in [0, 0.1) is 0 Å². The SMILES string of the molecule is CC(C)(C)NCC(O)COc1ccc(NC(=O)N[C@H]2CCC[C@H](O)C2)cc1. The lowest BCUT2D eigenvalue weighted by Gasteiger charge is -2.26. The lowest BCUT2D eigenvalue weighted by atomic mass is 9.93. The Balaban J connectivity index is 1.72. The summed E-state index contributed by atoms with van der Waals surface area (Å²) in [6.07, 6.45) is 2.31. The largest absolute Gasteiger partial charge is 0.491 e. The van der Waals surface area contributed by atoms with Crippen molar-refractivity contribution in [1.29, 1.82) is 0 Å². The van der Waals surface area contributed by atoms with E-state index in [2.05, 4.69) is 16.0 Å². The molecule has 2 amide bonds. The molecule has 5 N–H and O–H groups in total. The summed E-state index contributed by atoms with van der Waals surface area (Å²) >= 11 is 0. The molecule has 1 fully saturated rings. The molecule has 1 aliphatic carbocycles. The maximum atomic E-state index is 12.1. The number of aliphatic hydroxyl groups excluding tert-OH is 2. The molecule has 7 nitrogen and oxygen atoms in total. The molecule has 1 aromatic rings. The summed E-state index contributed by atoms with van der Waals surface area (Å²) in [7, 11) is 0. The fourth-order valence-electron chi connectivity index (χ4n) is 2.96. The Kier molecular flexibility index (Phi) is 7.89. The molecule has 0 bridgehead atoms. The minimum Gasteiger partial charge on any atom is -0.491 e. The second-order valence-electron chi connectivity index (χ2n) is 8.24. The molecule has 2 rings (SSSR count). The summed E-state index contributed by atoms with van der Waals surface area (Å²) in [5.41, 5.74) is 0.607. The van der Waals surface area contributed by atoms with E-state index in [1.54, 1.807) is 24.3 Å². The van der Waals surface area contributed by atoms with Gasteiger partial charge in [0.1, 0.15) is 18.5 Å². The number of amides is 2. The Morgan fingerprint density at radius 3 is 2.59 bits per heavy atom. The maximum Gasteiger partial charge on any atom is 0.319 e. The standard InChI is InChI=1S/C20H33N3O4/c1-20(2,3)21-12-17(25)13-27-18-9-7-14(8-10-18)22-19(26)23-15-5-4-6-16(24)11-15/h7-10,15-17,21,24-25H,4-6,11-13H2,1-3H3,(H2,22,23,26)/t15-,16-,17?/m0/s1. The maximum absolute atomic E-state index is 12.1. The summed E-state index contributed by atoms with van der Waals surface area (Å²) < 4.78 is 5.58. The van der Waals surface area contributed by atoms with Gasteiger partial charge in [0.25, 0.3) is 0 Å². The first-order valence-electron chi connectivity index (χ1n) is 9.63. The summed E-state index contributed by atoms with van der Waals surface area (Å²) in [4.78, 5) is 12.1. The predicted octanol–water partition coefficient (Wildman–Crippen LogP) is 2.24. The molecule has 0 radical (unpaired) electrons. The van der Waals surface area contributed by atoms with Crippen LogP contribution in [0.1, 0.15) is 46.5 Å². The lowest BCUT2D eigenvalue weighted by Crippen LogP contribution is -2.42. The van der Waals surface area contributed by atoms with Crippen molar-refractivity contribution in [2.24, 2.45) is 0 Å². The molecule has 0 heterocycles. The highest BCUT2D eigenvalue weighted by atomic mass is 16.5. The van der Waals surface area contributed by atoms with Gasteiger partial charge >= 0.3 is 6.03 Å². The van der Waals surface area contributed by atoms with E-state index in [1.807, 2.05) is 20.8 Å². The fourth-order valence-corrected chi connectivity index (χ4v) is 2.96. The van der Waals surface area contributed by atoms with Crippen molar-refractivity contribution in [3.05, 3.63) is 24.3 Å². The fraction of sp³-hybridized carbons (Fsp3) is 0.650. The zero-order valence-electron chi connectivity index (χ0n) is 16.5. The Labute approximate surface area is 161 Å². The van der Waals surface area contributed by atoms with Gasteiger partial charge in [-0.25, -0.2) is 4.79 Å². The van der Waals surface area contributed by atoms with Gasteiger partial charge in [0, 0.05) is 23.8 Å². The monoisotopic (exact) mass is 379 g/mol. The quantitative estimate of drug-likeness (QED) is 0.500. The van der Waals surface area contributed by atoms with Crippen molar-refractivity contribution in [3.8, 4) is 5.75 Å². The van der Waals surface area contributed by atoms with Crippen LogP contribution in [0.3, 0.4) is 0 Å². The highest BCUT2D eigenvalue weighted by Crippen LogP contribution is 2.19. The third kappa shape index (κ3) is 8.60. The second-order valence-corrected chi connectivity index (χ2v) is 8.24. The van der Waals surface area contributed by atoms with E-state index >= 15 is 0 Å². The van der Waals surface area contributed by atoms with Crippen LogP contribution in [0.15, 0.2) is 24.3 Å².